The minimum absolute atomic E-state index is 0.201. The second-order valence-corrected chi connectivity index (χ2v) is 3.20. The summed E-state index contributed by atoms with van der Waals surface area (Å²) < 4.78 is 10.2. The van der Waals surface area contributed by atoms with Gasteiger partial charge in [0.25, 0.3) is 5.79 Å². The highest BCUT2D eigenvalue weighted by Gasteiger charge is 2.40. The fourth-order valence-electron chi connectivity index (χ4n) is 1.61. The highest BCUT2D eigenvalue weighted by atomic mass is 16.7. The van der Waals surface area contributed by atoms with Crippen molar-refractivity contribution in [3.8, 4) is 0 Å². The summed E-state index contributed by atoms with van der Waals surface area (Å²) in [7, 11) is 2.88. The quantitative estimate of drug-likeness (QED) is 0.682. The van der Waals surface area contributed by atoms with Crippen molar-refractivity contribution in [2.45, 2.75) is 5.79 Å². The number of rotatable bonds is 2. The van der Waals surface area contributed by atoms with Crippen molar-refractivity contribution in [3.63, 3.8) is 0 Å². The number of carbonyl (C=O) groups is 1. The van der Waals surface area contributed by atoms with E-state index in [1.54, 1.807) is 30.6 Å². The molecule has 0 saturated carbocycles. The minimum Gasteiger partial charge on any atom is -0.344 e. The van der Waals surface area contributed by atoms with Crippen LogP contribution in [0, 0.1) is 0 Å². The predicted molar refractivity (Wildman–Crippen MR) is 54.4 cm³/mol. The lowest BCUT2D eigenvalue weighted by molar-refractivity contribution is -0.134. The van der Waals surface area contributed by atoms with Gasteiger partial charge in [-0.3, -0.25) is 9.78 Å². The molecule has 4 heteroatoms. The smallest absolute Gasteiger partial charge is 0.253 e. The standard InChI is InChI=1S/C11H11NO3/c1-14-11(15-2)5-3-8-7-12-6-4-9(8)10(11)13/h3-7H,1-2H3. The number of hydrogen-bond donors (Lipinski definition) is 0. The van der Waals surface area contributed by atoms with Gasteiger partial charge in [0.2, 0.25) is 5.78 Å². The first-order chi connectivity index (χ1) is 7.23. The van der Waals surface area contributed by atoms with Gasteiger partial charge < -0.3 is 9.47 Å². The molecule has 1 aliphatic carbocycles. The average molecular weight is 205 g/mol. The molecule has 15 heavy (non-hydrogen) atoms. The van der Waals surface area contributed by atoms with E-state index >= 15 is 0 Å². The van der Waals surface area contributed by atoms with Crippen LogP contribution < -0.4 is 0 Å². The minimum atomic E-state index is -1.28. The molecule has 0 aliphatic heterocycles. The molecule has 2 rings (SSSR count). The maximum Gasteiger partial charge on any atom is 0.253 e. The molecule has 0 spiro atoms. The molecule has 0 fully saturated rings. The molecule has 0 aromatic carbocycles. The molecule has 1 heterocycles. The van der Waals surface area contributed by atoms with Crippen LogP contribution in [0.25, 0.3) is 6.08 Å². The first kappa shape index (κ1) is 10.0. The lowest BCUT2D eigenvalue weighted by Gasteiger charge is -2.29. The van der Waals surface area contributed by atoms with Gasteiger partial charge in [-0.05, 0) is 12.1 Å². The number of ketones is 1. The van der Waals surface area contributed by atoms with E-state index in [-0.39, 0.29) is 5.78 Å². The zero-order chi connectivity index (χ0) is 10.9. The number of carbonyl (C=O) groups excluding carboxylic acids is 1. The zero-order valence-corrected chi connectivity index (χ0v) is 8.56. The summed E-state index contributed by atoms with van der Waals surface area (Å²) in [6.07, 6.45) is 6.58. The Bertz CT molecular complexity index is 422. The fraction of sp³-hybridized carbons (Fsp3) is 0.273. The van der Waals surface area contributed by atoms with Gasteiger partial charge in [-0.25, -0.2) is 0 Å². The van der Waals surface area contributed by atoms with E-state index in [1.165, 1.54) is 14.2 Å². The lowest BCUT2D eigenvalue weighted by Crippen LogP contribution is -2.42. The molecule has 0 N–H and O–H groups in total. The topological polar surface area (TPSA) is 48.4 Å². The number of ether oxygens (including phenoxy) is 2. The summed E-state index contributed by atoms with van der Waals surface area (Å²) in [5, 5.41) is 0. The second-order valence-electron chi connectivity index (χ2n) is 3.20. The molecule has 0 atom stereocenters. The summed E-state index contributed by atoms with van der Waals surface area (Å²) in [5.74, 6) is -1.48. The number of nitrogens with zero attached hydrogens (tertiary/aromatic N) is 1. The van der Waals surface area contributed by atoms with Gasteiger partial charge in [-0.15, -0.1) is 0 Å². The fourth-order valence-corrected chi connectivity index (χ4v) is 1.61. The van der Waals surface area contributed by atoms with E-state index in [9.17, 15) is 4.79 Å². The van der Waals surface area contributed by atoms with E-state index in [1.807, 2.05) is 0 Å². The summed E-state index contributed by atoms with van der Waals surface area (Å²) in [4.78, 5) is 16.0. The molecule has 0 unspecified atom stereocenters. The average Bonchev–Trinajstić information content (AvgIpc) is 2.31. The zero-order valence-electron chi connectivity index (χ0n) is 8.56. The SMILES string of the molecule is COC1(OC)C=Cc2cnccc2C1=O. The number of Topliss-reactive ketones (excluding diaryl/α,β-unsaturated/α-hetero) is 1. The first-order valence-electron chi connectivity index (χ1n) is 4.52. The van der Waals surface area contributed by atoms with Gasteiger partial charge in [0.15, 0.2) is 0 Å². The molecule has 0 saturated heterocycles. The van der Waals surface area contributed by atoms with Crippen molar-refractivity contribution in [1.82, 2.24) is 4.98 Å². The molecule has 1 aliphatic rings. The van der Waals surface area contributed by atoms with E-state index in [0.29, 0.717) is 5.56 Å². The van der Waals surface area contributed by atoms with Gasteiger partial charge in [-0.1, -0.05) is 6.08 Å². The van der Waals surface area contributed by atoms with Crippen molar-refractivity contribution >= 4 is 11.9 Å². The Labute approximate surface area is 87.5 Å². The molecule has 1 aromatic heterocycles. The third-order valence-corrected chi connectivity index (χ3v) is 2.50. The molecule has 78 valence electrons. The van der Waals surface area contributed by atoms with Gasteiger partial charge in [0, 0.05) is 37.7 Å². The second kappa shape index (κ2) is 3.56. The van der Waals surface area contributed by atoms with Crippen molar-refractivity contribution in [2.75, 3.05) is 14.2 Å². The third kappa shape index (κ3) is 1.38. The van der Waals surface area contributed by atoms with Crippen LogP contribution in [-0.4, -0.2) is 30.8 Å². The van der Waals surface area contributed by atoms with Crippen LogP contribution in [0.3, 0.4) is 0 Å². The Morgan fingerprint density at radius 2 is 2.07 bits per heavy atom. The Balaban J connectivity index is 2.54. The van der Waals surface area contributed by atoms with E-state index in [2.05, 4.69) is 4.98 Å². The van der Waals surface area contributed by atoms with Crippen LogP contribution in [0.2, 0.25) is 0 Å². The van der Waals surface area contributed by atoms with Gasteiger partial charge >= 0.3 is 0 Å². The van der Waals surface area contributed by atoms with Crippen LogP contribution in [0.5, 0.6) is 0 Å². The molecule has 0 bridgehead atoms. The number of methoxy groups -OCH3 is 2. The van der Waals surface area contributed by atoms with E-state index in [0.717, 1.165) is 5.56 Å². The van der Waals surface area contributed by atoms with Gasteiger partial charge in [0.05, 0.1) is 0 Å². The summed E-state index contributed by atoms with van der Waals surface area (Å²) >= 11 is 0. The highest BCUT2D eigenvalue weighted by molar-refractivity contribution is 6.07. The van der Waals surface area contributed by atoms with Gasteiger partial charge in [0.1, 0.15) is 0 Å². The summed E-state index contributed by atoms with van der Waals surface area (Å²) in [6, 6.07) is 1.66. The maximum atomic E-state index is 12.1. The maximum absolute atomic E-state index is 12.1. The first-order valence-corrected chi connectivity index (χ1v) is 4.52. The van der Waals surface area contributed by atoms with Crippen molar-refractivity contribution < 1.29 is 14.3 Å². The van der Waals surface area contributed by atoms with Crippen LogP contribution >= 0.6 is 0 Å². The van der Waals surface area contributed by atoms with Crippen LogP contribution in [-0.2, 0) is 9.47 Å². The number of pyridine rings is 1. The van der Waals surface area contributed by atoms with Crippen LogP contribution in [0.1, 0.15) is 15.9 Å². The molecule has 0 radical (unpaired) electrons. The predicted octanol–water partition coefficient (Wildman–Crippen LogP) is 1.28. The Morgan fingerprint density at radius 1 is 1.33 bits per heavy atom. The Morgan fingerprint density at radius 3 is 2.73 bits per heavy atom. The largest absolute Gasteiger partial charge is 0.344 e. The molecule has 0 amide bonds. The number of aromatic nitrogens is 1. The Hall–Kier alpha value is -1.52. The monoisotopic (exact) mass is 205 g/mol. The number of fused-ring (bicyclic) bond motifs is 1. The summed E-state index contributed by atoms with van der Waals surface area (Å²) in [5.41, 5.74) is 1.35. The van der Waals surface area contributed by atoms with Crippen LogP contribution in [0.4, 0.5) is 0 Å². The Kier molecular flexibility index (Phi) is 2.38. The summed E-state index contributed by atoms with van der Waals surface area (Å²) in [6.45, 7) is 0. The normalized spacial score (nSPS) is 17.6. The molecular formula is C11H11NO3. The van der Waals surface area contributed by atoms with E-state index in [4.69, 9.17) is 9.47 Å². The van der Waals surface area contributed by atoms with E-state index < -0.39 is 5.79 Å². The lowest BCUT2D eigenvalue weighted by atomic mass is 9.93. The highest BCUT2D eigenvalue weighted by Crippen LogP contribution is 2.28. The molecular weight excluding hydrogens is 194 g/mol. The van der Waals surface area contributed by atoms with Gasteiger partial charge in [-0.2, -0.15) is 0 Å². The molecule has 4 nitrogen and oxygen atoms in total. The molecule has 1 aromatic rings. The van der Waals surface area contributed by atoms with Crippen molar-refractivity contribution in [1.29, 1.82) is 0 Å². The van der Waals surface area contributed by atoms with Crippen molar-refractivity contribution in [3.05, 3.63) is 35.7 Å². The number of hydrogen-bond acceptors (Lipinski definition) is 4. The van der Waals surface area contributed by atoms with Crippen molar-refractivity contribution in [2.24, 2.45) is 0 Å². The van der Waals surface area contributed by atoms with Crippen LogP contribution in [0.15, 0.2) is 24.5 Å². The third-order valence-electron chi connectivity index (χ3n) is 2.50.